The molecule has 0 unspecified atom stereocenters. The molecule has 0 saturated heterocycles. The molecule has 1 aromatic rings. The molecular weight excluding hydrogens is 282 g/mol. The number of sulfonamides is 1. The van der Waals surface area contributed by atoms with Crippen molar-refractivity contribution in [1.82, 2.24) is 4.72 Å². The Kier molecular flexibility index (Phi) is 4.12. The standard InChI is InChI=1S/C13H17NO5S/c15-9-13(7-8-13)14-20(18,19)11-4-1-10(2-5-11)3-6-12(16)17/h1-2,4-5,14-15H,3,6-9H2,(H,16,17). The quantitative estimate of drug-likeness (QED) is 0.680. The number of carboxylic acid groups (broad SMARTS) is 1. The summed E-state index contributed by atoms with van der Waals surface area (Å²) < 4.78 is 26.7. The van der Waals surface area contributed by atoms with Gasteiger partial charge in [0.05, 0.1) is 17.0 Å². The van der Waals surface area contributed by atoms with Crippen molar-refractivity contribution in [2.45, 2.75) is 36.1 Å². The number of nitrogens with one attached hydrogen (secondary N) is 1. The first-order chi connectivity index (χ1) is 9.37. The predicted molar refractivity (Wildman–Crippen MR) is 71.8 cm³/mol. The van der Waals surface area contributed by atoms with Crippen molar-refractivity contribution in [3.8, 4) is 0 Å². The molecule has 1 aliphatic rings. The maximum atomic E-state index is 12.1. The van der Waals surface area contributed by atoms with Crippen LogP contribution in [0, 0.1) is 0 Å². The SMILES string of the molecule is O=C(O)CCc1ccc(S(=O)(=O)NC2(CO)CC2)cc1. The second-order valence-electron chi connectivity index (χ2n) is 5.08. The highest BCUT2D eigenvalue weighted by Gasteiger charge is 2.45. The molecule has 1 aliphatic carbocycles. The maximum absolute atomic E-state index is 12.1. The summed E-state index contributed by atoms with van der Waals surface area (Å²) in [5.74, 6) is -0.887. The van der Waals surface area contributed by atoms with Gasteiger partial charge >= 0.3 is 5.97 Å². The van der Waals surface area contributed by atoms with E-state index in [1.165, 1.54) is 12.1 Å². The zero-order chi connectivity index (χ0) is 14.8. The minimum absolute atomic E-state index is 0.0119. The summed E-state index contributed by atoms with van der Waals surface area (Å²) in [5.41, 5.74) is 0.0792. The number of benzene rings is 1. The number of hydrogen-bond acceptors (Lipinski definition) is 4. The van der Waals surface area contributed by atoms with Crippen LogP contribution in [0.2, 0.25) is 0 Å². The van der Waals surface area contributed by atoms with Gasteiger partial charge in [0.25, 0.3) is 0 Å². The Labute approximate surface area is 117 Å². The molecule has 1 fully saturated rings. The van der Waals surface area contributed by atoms with Crippen LogP contribution in [0.15, 0.2) is 29.2 Å². The van der Waals surface area contributed by atoms with Crippen LogP contribution in [0.1, 0.15) is 24.8 Å². The lowest BCUT2D eigenvalue weighted by atomic mass is 10.1. The lowest BCUT2D eigenvalue weighted by molar-refractivity contribution is -0.136. The molecule has 0 aliphatic heterocycles. The van der Waals surface area contributed by atoms with Gasteiger partial charge in [0.2, 0.25) is 10.0 Å². The third-order valence-corrected chi connectivity index (χ3v) is 4.96. The summed E-state index contributed by atoms with van der Waals surface area (Å²) >= 11 is 0. The van der Waals surface area contributed by atoms with E-state index in [0.717, 1.165) is 5.56 Å². The number of hydrogen-bond donors (Lipinski definition) is 3. The van der Waals surface area contributed by atoms with Gasteiger partial charge in [0.15, 0.2) is 0 Å². The number of aryl methyl sites for hydroxylation is 1. The normalized spacial score (nSPS) is 16.9. The van der Waals surface area contributed by atoms with Gasteiger partial charge in [0.1, 0.15) is 0 Å². The molecule has 3 N–H and O–H groups in total. The summed E-state index contributed by atoms with van der Waals surface area (Å²) in [7, 11) is -3.64. The van der Waals surface area contributed by atoms with Crippen molar-refractivity contribution in [2.75, 3.05) is 6.61 Å². The highest BCUT2D eigenvalue weighted by atomic mass is 32.2. The van der Waals surface area contributed by atoms with E-state index >= 15 is 0 Å². The average molecular weight is 299 g/mol. The van der Waals surface area contributed by atoms with Gasteiger partial charge in [-0.3, -0.25) is 4.79 Å². The molecule has 20 heavy (non-hydrogen) atoms. The maximum Gasteiger partial charge on any atom is 0.303 e. The Morgan fingerprint density at radius 2 is 1.85 bits per heavy atom. The first kappa shape index (κ1) is 15.0. The molecule has 1 saturated carbocycles. The van der Waals surface area contributed by atoms with Gasteiger partial charge in [-0.15, -0.1) is 0 Å². The third kappa shape index (κ3) is 3.56. The number of carbonyl (C=O) groups is 1. The van der Waals surface area contributed by atoms with E-state index in [9.17, 15) is 13.2 Å². The summed E-state index contributed by atoms with van der Waals surface area (Å²) in [4.78, 5) is 10.6. The summed E-state index contributed by atoms with van der Waals surface area (Å²) in [6.07, 6.45) is 1.65. The number of rotatable bonds is 7. The van der Waals surface area contributed by atoms with Crippen LogP contribution in [0.4, 0.5) is 0 Å². The zero-order valence-corrected chi connectivity index (χ0v) is 11.7. The van der Waals surface area contributed by atoms with Gasteiger partial charge < -0.3 is 10.2 Å². The molecule has 6 nitrogen and oxygen atoms in total. The topological polar surface area (TPSA) is 104 Å². The fraction of sp³-hybridized carbons (Fsp3) is 0.462. The molecule has 110 valence electrons. The van der Waals surface area contributed by atoms with Gasteiger partial charge in [0, 0.05) is 6.42 Å². The Bertz CT molecular complexity index is 590. The Hall–Kier alpha value is -1.44. The lowest BCUT2D eigenvalue weighted by Crippen LogP contribution is -2.39. The molecule has 7 heteroatoms. The van der Waals surface area contributed by atoms with Gasteiger partial charge in [-0.25, -0.2) is 13.1 Å². The minimum Gasteiger partial charge on any atom is -0.481 e. The zero-order valence-electron chi connectivity index (χ0n) is 10.9. The molecule has 2 rings (SSSR count). The molecular formula is C13H17NO5S. The van der Waals surface area contributed by atoms with Crippen LogP contribution in [0.3, 0.4) is 0 Å². The molecule has 1 aromatic carbocycles. The second-order valence-corrected chi connectivity index (χ2v) is 6.76. The van der Waals surface area contributed by atoms with Crippen molar-refractivity contribution in [2.24, 2.45) is 0 Å². The Morgan fingerprint density at radius 1 is 1.25 bits per heavy atom. The van der Waals surface area contributed by atoms with Crippen molar-refractivity contribution >= 4 is 16.0 Å². The van der Waals surface area contributed by atoms with E-state index in [2.05, 4.69) is 4.72 Å². The molecule has 0 bridgehead atoms. The van der Waals surface area contributed by atoms with Gasteiger partial charge in [-0.1, -0.05) is 12.1 Å². The third-order valence-electron chi connectivity index (χ3n) is 3.37. The first-order valence-corrected chi connectivity index (χ1v) is 7.81. The van der Waals surface area contributed by atoms with E-state index in [1.54, 1.807) is 12.1 Å². The van der Waals surface area contributed by atoms with Crippen molar-refractivity contribution < 1.29 is 23.4 Å². The Morgan fingerprint density at radius 3 is 2.30 bits per heavy atom. The highest BCUT2D eigenvalue weighted by molar-refractivity contribution is 7.89. The molecule has 0 radical (unpaired) electrons. The summed E-state index contributed by atoms with van der Waals surface area (Å²) in [6.45, 7) is -0.205. The highest BCUT2D eigenvalue weighted by Crippen LogP contribution is 2.36. The van der Waals surface area contributed by atoms with Crippen LogP contribution in [-0.4, -0.2) is 36.7 Å². The first-order valence-electron chi connectivity index (χ1n) is 6.32. The Balaban J connectivity index is 2.07. The van der Waals surface area contributed by atoms with E-state index in [-0.39, 0.29) is 17.9 Å². The van der Waals surface area contributed by atoms with Crippen LogP contribution in [0.5, 0.6) is 0 Å². The minimum atomic E-state index is -3.64. The van der Waals surface area contributed by atoms with Crippen LogP contribution >= 0.6 is 0 Å². The lowest BCUT2D eigenvalue weighted by Gasteiger charge is -2.14. The number of aliphatic carboxylic acids is 1. The van der Waals surface area contributed by atoms with Gasteiger partial charge in [-0.2, -0.15) is 0 Å². The van der Waals surface area contributed by atoms with Crippen LogP contribution < -0.4 is 4.72 Å². The average Bonchev–Trinajstić information content (AvgIpc) is 3.16. The summed E-state index contributed by atoms with van der Waals surface area (Å²) in [6, 6.07) is 6.12. The van der Waals surface area contributed by atoms with E-state index < -0.39 is 21.5 Å². The monoisotopic (exact) mass is 299 g/mol. The fourth-order valence-corrected chi connectivity index (χ4v) is 3.32. The number of aliphatic hydroxyl groups excluding tert-OH is 1. The van der Waals surface area contributed by atoms with Crippen molar-refractivity contribution in [1.29, 1.82) is 0 Å². The molecule has 0 heterocycles. The fourth-order valence-electron chi connectivity index (χ4n) is 1.87. The largest absolute Gasteiger partial charge is 0.481 e. The molecule has 0 spiro atoms. The smallest absolute Gasteiger partial charge is 0.303 e. The number of carboxylic acids is 1. The molecule has 0 atom stereocenters. The van der Waals surface area contributed by atoms with Gasteiger partial charge in [-0.05, 0) is 37.0 Å². The van der Waals surface area contributed by atoms with E-state index in [0.29, 0.717) is 19.3 Å². The molecule has 0 amide bonds. The van der Waals surface area contributed by atoms with Crippen molar-refractivity contribution in [3.63, 3.8) is 0 Å². The summed E-state index contributed by atoms with van der Waals surface area (Å²) in [5, 5.41) is 17.7. The molecule has 0 aromatic heterocycles. The van der Waals surface area contributed by atoms with Crippen molar-refractivity contribution in [3.05, 3.63) is 29.8 Å². The number of aliphatic hydroxyl groups is 1. The predicted octanol–water partition coefficient (Wildman–Crippen LogP) is 0.507. The second kappa shape index (κ2) is 5.51. The van der Waals surface area contributed by atoms with E-state index in [1.807, 2.05) is 0 Å². The van der Waals surface area contributed by atoms with Crippen LogP contribution in [-0.2, 0) is 21.2 Å². The van der Waals surface area contributed by atoms with Crippen LogP contribution in [0.25, 0.3) is 0 Å². The van der Waals surface area contributed by atoms with E-state index in [4.69, 9.17) is 10.2 Å².